The maximum absolute atomic E-state index is 11.9. The molecule has 1 saturated heterocycles. The first-order valence-electron chi connectivity index (χ1n) is 6.11. The van der Waals surface area contributed by atoms with Gasteiger partial charge in [-0.1, -0.05) is 0 Å². The third-order valence-electron chi connectivity index (χ3n) is 3.11. The highest BCUT2D eigenvalue weighted by Gasteiger charge is 2.23. The van der Waals surface area contributed by atoms with Crippen molar-refractivity contribution < 1.29 is 19.0 Å². The van der Waals surface area contributed by atoms with Crippen LogP contribution in [0.3, 0.4) is 0 Å². The van der Waals surface area contributed by atoms with Gasteiger partial charge in [0.15, 0.2) is 11.5 Å². The molecule has 0 bridgehead atoms. The molecule has 2 aliphatic rings. The molecule has 1 N–H and O–H groups in total. The molecule has 0 aliphatic carbocycles. The molecular weight excluding hydrogens is 234 g/mol. The topological polar surface area (TPSA) is 56.8 Å². The molecule has 0 saturated carbocycles. The Balaban J connectivity index is 1.70. The molecule has 5 heteroatoms. The van der Waals surface area contributed by atoms with Crippen molar-refractivity contribution in [3.63, 3.8) is 0 Å². The second-order valence-corrected chi connectivity index (χ2v) is 4.41. The van der Waals surface area contributed by atoms with E-state index >= 15 is 0 Å². The van der Waals surface area contributed by atoms with Crippen LogP contribution in [0.15, 0.2) is 18.2 Å². The first-order chi connectivity index (χ1) is 8.83. The van der Waals surface area contributed by atoms with Gasteiger partial charge in [-0.2, -0.15) is 0 Å². The van der Waals surface area contributed by atoms with E-state index < -0.39 is 0 Å². The summed E-state index contributed by atoms with van der Waals surface area (Å²) in [7, 11) is 0. The Morgan fingerprint density at radius 2 is 2.00 bits per heavy atom. The summed E-state index contributed by atoms with van der Waals surface area (Å²) < 4.78 is 16.1. The van der Waals surface area contributed by atoms with Crippen LogP contribution in [0.4, 0.5) is 5.69 Å². The van der Waals surface area contributed by atoms with E-state index in [0.29, 0.717) is 32.2 Å². The number of benzene rings is 1. The maximum atomic E-state index is 11.9. The van der Waals surface area contributed by atoms with Crippen LogP contribution < -0.4 is 14.8 Å². The summed E-state index contributed by atoms with van der Waals surface area (Å²) in [5.41, 5.74) is 0.733. The molecule has 0 aromatic heterocycles. The Bertz CT molecular complexity index is 454. The minimum absolute atomic E-state index is 0.00387. The molecule has 2 heterocycles. The van der Waals surface area contributed by atoms with Crippen molar-refractivity contribution in [3.05, 3.63) is 18.2 Å². The molecule has 3 rings (SSSR count). The van der Waals surface area contributed by atoms with Gasteiger partial charge in [0, 0.05) is 18.4 Å². The van der Waals surface area contributed by atoms with E-state index in [2.05, 4.69) is 5.32 Å². The zero-order valence-corrected chi connectivity index (χ0v) is 9.98. The van der Waals surface area contributed by atoms with Crippen LogP contribution in [0.25, 0.3) is 0 Å². The first-order valence-corrected chi connectivity index (χ1v) is 6.11. The van der Waals surface area contributed by atoms with Crippen molar-refractivity contribution >= 4 is 11.6 Å². The van der Waals surface area contributed by atoms with Crippen LogP contribution in [0.5, 0.6) is 11.5 Å². The van der Waals surface area contributed by atoms with E-state index in [0.717, 1.165) is 17.9 Å². The molecule has 1 aromatic carbocycles. The Labute approximate surface area is 105 Å². The van der Waals surface area contributed by atoms with Gasteiger partial charge in [-0.25, -0.2) is 0 Å². The molecule has 0 radical (unpaired) electrons. The molecule has 0 spiro atoms. The van der Waals surface area contributed by atoms with E-state index in [1.165, 1.54) is 0 Å². The third kappa shape index (κ3) is 2.26. The highest BCUT2D eigenvalue weighted by Crippen LogP contribution is 2.32. The molecule has 1 fully saturated rings. The molecule has 1 atom stereocenters. The summed E-state index contributed by atoms with van der Waals surface area (Å²) in [4.78, 5) is 11.9. The van der Waals surface area contributed by atoms with Crippen molar-refractivity contribution in [2.24, 2.45) is 5.92 Å². The molecule has 1 aromatic rings. The highest BCUT2D eigenvalue weighted by atomic mass is 16.6. The Hall–Kier alpha value is -1.75. The van der Waals surface area contributed by atoms with Crippen molar-refractivity contribution in [1.29, 1.82) is 0 Å². The zero-order valence-electron chi connectivity index (χ0n) is 9.98. The van der Waals surface area contributed by atoms with Gasteiger partial charge in [0.1, 0.15) is 13.2 Å². The summed E-state index contributed by atoms with van der Waals surface area (Å²) in [5, 5.41) is 2.88. The molecular formula is C13H15NO4. The molecule has 96 valence electrons. The lowest BCUT2D eigenvalue weighted by molar-refractivity contribution is -0.119. The maximum Gasteiger partial charge on any atom is 0.229 e. The fraction of sp³-hybridized carbons (Fsp3) is 0.462. The number of carbonyl (C=O) groups is 1. The number of carbonyl (C=O) groups excluding carboxylic acids is 1. The Morgan fingerprint density at radius 1 is 1.17 bits per heavy atom. The van der Waals surface area contributed by atoms with Crippen molar-refractivity contribution in [2.75, 3.05) is 31.7 Å². The predicted molar refractivity (Wildman–Crippen MR) is 65.0 cm³/mol. The van der Waals surface area contributed by atoms with Crippen LogP contribution in [-0.2, 0) is 9.53 Å². The van der Waals surface area contributed by atoms with Gasteiger partial charge in [0.25, 0.3) is 0 Å². The number of anilines is 1. The van der Waals surface area contributed by atoms with Crippen LogP contribution in [-0.4, -0.2) is 32.3 Å². The SMILES string of the molecule is O=C(Nc1ccc2c(c1)OCCO2)C1CCOC1. The molecule has 1 unspecified atom stereocenters. The van der Waals surface area contributed by atoms with Crippen molar-refractivity contribution in [3.8, 4) is 11.5 Å². The van der Waals surface area contributed by atoms with Gasteiger partial charge in [0.2, 0.25) is 5.91 Å². The number of hydrogen-bond acceptors (Lipinski definition) is 4. The van der Waals surface area contributed by atoms with Crippen molar-refractivity contribution in [2.45, 2.75) is 6.42 Å². The second-order valence-electron chi connectivity index (χ2n) is 4.41. The van der Waals surface area contributed by atoms with Crippen LogP contribution in [0.1, 0.15) is 6.42 Å². The smallest absolute Gasteiger partial charge is 0.229 e. The number of amides is 1. The van der Waals surface area contributed by atoms with E-state index in [-0.39, 0.29) is 11.8 Å². The average Bonchev–Trinajstić information content (AvgIpc) is 2.92. The monoisotopic (exact) mass is 249 g/mol. The molecule has 1 amide bonds. The lowest BCUT2D eigenvalue weighted by Gasteiger charge is -2.19. The number of ether oxygens (including phenoxy) is 3. The quantitative estimate of drug-likeness (QED) is 0.861. The van der Waals surface area contributed by atoms with E-state index in [1.807, 2.05) is 12.1 Å². The second kappa shape index (κ2) is 4.86. The lowest BCUT2D eigenvalue weighted by atomic mass is 10.1. The molecule has 18 heavy (non-hydrogen) atoms. The highest BCUT2D eigenvalue weighted by molar-refractivity contribution is 5.93. The predicted octanol–water partition coefficient (Wildman–Crippen LogP) is 1.43. The number of fused-ring (bicyclic) bond motifs is 1. The normalized spacial score (nSPS) is 21.7. The Kier molecular flexibility index (Phi) is 3.06. The van der Waals surface area contributed by atoms with Gasteiger partial charge in [-0.15, -0.1) is 0 Å². The number of nitrogens with one attached hydrogen (secondary N) is 1. The average molecular weight is 249 g/mol. The van der Waals surface area contributed by atoms with Crippen LogP contribution in [0.2, 0.25) is 0 Å². The van der Waals surface area contributed by atoms with E-state index in [9.17, 15) is 4.79 Å². The fourth-order valence-electron chi connectivity index (χ4n) is 2.11. The minimum Gasteiger partial charge on any atom is -0.486 e. The summed E-state index contributed by atoms with van der Waals surface area (Å²) in [6, 6.07) is 5.43. The van der Waals surface area contributed by atoms with Gasteiger partial charge in [-0.3, -0.25) is 4.79 Å². The van der Waals surface area contributed by atoms with Crippen LogP contribution in [0, 0.1) is 5.92 Å². The summed E-state index contributed by atoms with van der Waals surface area (Å²) in [6.45, 7) is 2.29. The first kappa shape index (κ1) is 11.3. The van der Waals surface area contributed by atoms with Gasteiger partial charge in [0.05, 0.1) is 12.5 Å². The fourth-order valence-corrected chi connectivity index (χ4v) is 2.11. The Morgan fingerprint density at radius 3 is 2.78 bits per heavy atom. The van der Waals surface area contributed by atoms with Gasteiger partial charge in [-0.05, 0) is 18.6 Å². The largest absolute Gasteiger partial charge is 0.486 e. The summed E-state index contributed by atoms with van der Waals surface area (Å²) >= 11 is 0. The molecule has 5 nitrogen and oxygen atoms in total. The number of hydrogen-bond donors (Lipinski definition) is 1. The zero-order chi connectivity index (χ0) is 12.4. The summed E-state index contributed by atoms with van der Waals surface area (Å²) in [5.74, 6) is 1.37. The standard InChI is InChI=1S/C13H15NO4/c15-13(9-3-4-16-8-9)14-10-1-2-11-12(7-10)18-6-5-17-11/h1-2,7,9H,3-6,8H2,(H,14,15). The molecule has 2 aliphatic heterocycles. The van der Waals surface area contributed by atoms with E-state index in [1.54, 1.807) is 6.07 Å². The van der Waals surface area contributed by atoms with Crippen LogP contribution >= 0.6 is 0 Å². The number of rotatable bonds is 2. The van der Waals surface area contributed by atoms with E-state index in [4.69, 9.17) is 14.2 Å². The lowest BCUT2D eigenvalue weighted by Crippen LogP contribution is -2.23. The van der Waals surface area contributed by atoms with Crippen molar-refractivity contribution in [1.82, 2.24) is 0 Å². The third-order valence-corrected chi connectivity index (χ3v) is 3.11. The van der Waals surface area contributed by atoms with Gasteiger partial charge >= 0.3 is 0 Å². The minimum atomic E-state index is -0.0433. The summed E-state index contributed by atoms with van der Waals surface area (Å²) in [6.07, 6.45) is 0.788. The van der Waals surface area contributed by atoms with Gasteiger partial charge < -0.3 is 19.5 Å².